The van der Waals surface area contributed by atoms with Crippen LogP contribution in [0.3, 0.4) is 0 Å². The van der Waals surface area contributed by atoms with Crippen molar-refractivity contribution in [3.05, 3.63) is 0 Å². The predicted molar refractivity (Wildman–Crippen MR) is 55.8 cm³/mol. The Morgan fingerprint density at radius 1 is 1.00 bits per heavy atom. The number of aliphatic hydroxyl groups is 2. The van der Waals surface area contributed by atoms with Crippen molar-refractivity contribution in [1.82, 2.24) is 0 Å². The van der Waals surface area contributed by atoms with E-state index in [1.165, 1.54) is 0 Å². The summed E-state index contributed by atoms with van der Waals surface area (Å²) in [5.74, 6) is 0. The van der Waals surface area contributed by atoms with E-state index in [2.05, 4.69) is 11.7 Å². The number of hydrogen-bond acceptors (Lipinski definition) is 4. The van der Waals surface area contributed by atoms with Gasteiger partial charge in [-0.1, -0.05) is 13.3 Å². The summed E-state index contributed by atoms with van der Waals surface area (Å²) in [6.07, 6.45) is 0.953. The van der Waals surface area contributed by atoms with Crippen molar-refractivity contribution in [2.24, 2.45) is 0 Å². The van der Waals surface area contributed by atoms with Crippen molar-refractivity contribution in [3.63, 3.8) is 0 Å². The number of hydrogen-bond donors (Lipinski definition) is 2. The molecule has 0 saturated heterocycles. The lowest BCUT2D eigenvalue weighted by Gasteiger charge is -2.03. The number of ether oxygens (including phenoxy) is 2. The molecule has 0 amide bonds. The molecule has 0 aromatic heterocycles. The van der Waals surface area contributed by atoms with Crippen molar-refractivity contribution < 1.29 is 19.7 Å². The van der Waals surface area contributed by atoms with Crippen molar-refractivity contribution in [2.45, 2.75) is 53.1 Å². The SMILES string of the molecule is CCCCOC(C)O.CCOC(C)O. The van der Waals surface area contributed by atoms with E-state index in [0.29, 0.717) is 13.2 Å². The summed E-state index contributed by atoms with van der Waals surface area (Å²) in [4.78, 5) is 0. The fraction of sp³-hybridized carbons (Fsp3) is 1.00. The van der Waals surface area contributed by atoms with Crippen LogP contribution in [0.4, 0.5) is 0 Å². The van der Waals surface area contributed by atoms with Crippen LogP contribution in [0.1, 0.15) is 40.5 Å². The molecule has 2 atom stereocenters. The minimum absolute atomic E-state index is 0.581. The average molecular weight is 208 g/mol. The standard InChI is InChI=1S/C6H14O2.C4H10O2/c1-3-4-5-8-6(2)7;1-3-6-4(2)5/h6-7H,3-5H2,1-2H3;4-5H,3H2,1-2H3. The second kappa shape index (κ2) is 12.8. The number of aliphatic hydroxyl groups excluding tert-OH is 2. The van der Waals surface area contributed by atoms with E-state index in [0.717, 1.165) is 12.8 Å². The summed E-state index contributed by atoms with van der Waals surface area (Å²) in [7, 11) is 0. The smallest absolute Gasteiger partial charge is 0.151 e. The summed E-state index contributed by atoms with van der Waals surface area (Å²) in [5.41, 5.74) is 0. The van der Waals surface area contributed by atoms with E-state index >= 15 is 0 Å². The van der Waals surface area contributed by atoms with Gasteiger partial charge in [0.05, 0.1) is 0 Å². The molecule has 0 rings (SSSR count). The fourth-order valence-corrected chi connectivity index (χ4v) is 0.639. The summed E-state index contributed by atoms with van der Waals surface area (Å²) in [6, 6.07) is 0. The molecule has 4 nitrogen and oxygen atoms in total. The van der Waals surface area contributed by atoms with Gasteiger partial charge in [0.15, 0.2) is 12.6 Å². The second-order valence-corrected chi connectivity index (χ2v) is 2.88. The molecule has 0 heterocycles. The van der Waals surface area contributed by atoms with E-state index < -0.39 is 12.6 Å². The maximum atomic E-state index is 8.56. The molecule has 2 N–H and O–H groups in total. The van der Waals surface area contributed by atoms with Gasteiger partial charge in [-0.15, -0.1) is 0 Å². The van der Waals surface area contributed by atoms with Gasteiger partial charge in [0.2, 0.25) is 0 Å². The molecule has 0 aliphatic heterocycles. The first kappa shape index (κ1) is 16.3. The summed E-state index contributed by atoms with van der Waals surface area (Å²) < 4.78 is 9.43. The molecular weight excluding hydrogens is 184 g/mol. The average Bonchev–Trinajstić information content (AvgIpc) is 2.05. The Bertz CT molecular complexity index is 94.1. The van der Waals surface area contributed by atoms with E-state index in [1.807, 2.05) is 6.92 Å². The van der Waals surface area contributed by atoms with E-state index in [4.69, 9.17) is 14.9 Å². The van der Waals surface area contributed by atoms with Crippen LogP contribution in [0.5, 0.6) is 0 Å². The largest absolute Gasteiger partial charge is 0.368 e. The van der Waals surface area contributed by atoms with Crippen LogP contribution in [0.25, 0.3) is 0 Å². The van der Waals surface area contributed by atoms with Gasteiger partial charge in [-0.25, -0.2) is 0 Å². The van der Waals surface area contributed by atoms with Crippen molar-refractivity contribution in [3.8, 4) is 0 Å². The first-order valence-corrected chi connectivity index (χ1v) is 5.13. The molecule has 0 aliphatic rings. The minimum atomic E-state index is -0.602. The van der Waals surface area contributed by atoms with Gasteiger partial charge in [0, 0.05) is 13.2 Å². The van der Waals surface area contributed by atoms with Crippen LogP contribution in [-0.2, 0) is 9.47 Å². The summed E-state index contributed by atoms with van der Waals surface area (Å²) >= 11 is 0. The normalized spacial score (nSPS) is 14.1. The van der Waals surface area contributed by atoms with Crippen LogP contribution in [-0.4, -0.2) is 36.0 Å². The first-order valence-electron chi connectivity index (χ1n) is 5.13. The Hall–Kier alpha value is -0.160. The lowest BCUT2D eigenvalue weighted by molar-refractivity contribution is -0.0856. The fourth-order valence-electron chi connectivity index (χ4n) is 0.639. The molecule has 0 aliphatic carbocycles. The predicted octanol–water partition coefficient (Wildman–Crippen LogP) is 1.50. The van der Waals surface area contributed by atoms with Crippen molar-refractivity contribution in [1.29, 1.82) is 0 Å². The zero-order valence-corrected chi connectivity index (χ0v) is 9.69. The highest BCUT2D eigenvalue weighted by molar-refractivity contribution is 4.31. The van der Waals surface area contributed by atoms with Crippen LogP contribution >= 0.6 is 0 Å². The highest BCUT2D eigenvalue weighted by Crippen LogP contribution is 1.90. The van der Waals surface area contributed by atoms with Gasteiger partial charge in [0.1, 0.15) is 0 Å². The molecule has 14 heavy (non-hydrogen) atoms. The summed E-state index contributed by atoms with van der Waals surface area (Å²) in [6.45, 7) is 8.39. The van der Waals surface area contributed by atoms with Crippen LogP contribution in [0.15, 0.2) is 0 Å². The molecule has 4 heteroatoms. The maximum absolute atomic E-state index is 8.56. The minimum Gasteiger partial charge on any atom is -0.368 e. The quantitative estimate of drug-likeness (QED) is 0.513. The Balaban J connectivity index is 0. The van der Waals surface area contributed by atoms with Gasteiger partial charge in [-0.2, -0.15) is 0 Å². The molecule has 88 valence electrons. The molecule has 0 aromatic rings. The van der Waals surface area contributed by atoms with Crippen molar-refractivity contribution >= 4 is 0 Å². The first-order chi connectivity index (χ1) is 6.54. The van der Waals surface area contributed by atoms with Gasteiger partial charge in [-0.05, 0) is 27.2 Å². The number of unbranched alkanes of at least 4 members (excludes halogenated alkanes) is 1. The van der Waals surface area contributed by atoms with Crippen LogP contribution < -0.4 is 0 Å². The Kier molecular flexibility index (Phi) is 14.9. The number of rotatable bonds is 6. The molecular formula is C10H24O4. The Labute approximate surface area is 86.8 Å². The van der Waals surface area contributed by atoms with E-state index in [-0.39, 0.29) is 0 Å². The van der Waals surface area contributed by atoms with Crippen LogP contribution in [0.2, 0.25) is 0 Å². The third-order valence-corrected chi connectivity index (χ3v) is 1.26. The Morgan fingerprint density at radius 3 is 1.71 bits per heavy atom. The maximum Gasteiger partial charge on any atom is 0.151 e. The van der Waals surface area contributed by atoms with Gasteiger partial charge in [-0.3, -0.25) is 0 Å². The zero-order chi connectivity index (χ0) is 11.4. The van der Waals surface area contributed by atoms with E-state index in [1.54, 1.807) is 13.8 Å². The molecule has 0 fully saturated rings. The monoisotopic (exact) mass is 208 g/mol. The van der Waals surface area contributed by atoms with Gasteiger partial charge in [0.25, 0.3) is 0 Å². The molecule has 0 aromatic carbocycles. The second-order valence-electron chi connectivity index (χ2n) is 2.88. The topological polar surface area (TPSA) is 58.9 Å². The summed E-state index contributed by atoms with van der Waals surface area (Å²) in [5, 5.41) is 16.9. The lowest BCUT2D eigenvalue weighted by Crippen LogP contribution is -2.06. The molecule has 0 saturated carbocycles. The van der Waals surface area contributed by atoms with E-state index in [9.17, 15) is 0 Å². The van der Waals surface area contributed by atoms with Gasteiger partial charge >= 0.3 is 0 Å². The lowest BCUT2D eigenvalue weighted by atomic mass is 10.4. The molecule has 0 bridgehead atoms. The highest BCUT2D eigenvalue weighted by Gasteiger charge is 1.90. The zero-order valence-electron chi connectivity index (χ0n) is 9.69. The third kappa shape index (κ3) is 22.6. The third-order valence-electron chi connectivity index (χ3n) is 1.26. The molecule has 0 spiro atoms. The molecule has 0 radical (unpaired) electrons. The van der Waals surface area contributed by atoms with Crippen LogP contribution in [0, 0.1) is 0 Å². The highest BCUT2D eigenvalue weighted by atomic mass is 16.6. The van der Waals surface area contributed by atoms with Gasteiger partial charge < -0.3 is 19.7 Å². The molecule has 2 unspecified atom stereocenters. The Morgan fingerprint density at radius 2 is 1.50 bits per heavy atom. The van der Waals surface area contributed by atoms with Crippen molar-refractivity contribution in [2.75, 3.05) is 13.2 Å².